The summed E-state index contributed by atoms with van der Waals surface area (Å²) in [6.07, 6.45) is 4.65. The number of rotatable bonds is 6. The predicted octanol–water partition coefficient (Wildman–Crippen LogP) is 4.30. The van der Waals surface area contributed by atoms with Gasteiger partial charge in [0.15, 0.2) is 0 Å². The molecule has 1 aromatic heterocycles. The van der Waals surface area contributed by atoms with Crippen molar-refractivity contribution in [1.29, 1.82) is 0 Å². The maximum absolute atomic E-state index is 14.0. The lowest BCUT2D eigenvalue weighted by atomic mass is 9.98. The summed E-state index contributed by atoms with van der Waals surface area (Å²) in [4.78, 5) is 3.94. The van der Waals surface area contributed by atoms with Crippen LogP contribution in [0.3, 0.4) is 0 Å². The van der Waals surface area contributed by atoms with E-state index in [-0.39, 0.29) is 6.04 Å². The highest BCUT2D eigenvalue weighted by atomic mass is 35.5. The Bertz CT molecular complexity index is 605. The summed E-state index contributed by atoms with van der Waals surface area (Å²) in [5.74, 6) is -1.12. The molecule has 2 aromatic rings. The van der Waals surface area contributed by atoms with E-state index in [0.29, 0.717) is 17.0 Å². The fraction of sp³-hybridized carbons (Fsp3) is 0.312. The fourth-order valence-corrected chi connectivity index (χ4v) is 2.38. The number of hydrogen-bond donors (Lipinski definition) is 1. The number of halogens is 3. The van der Waals surface area contributed by atoms with E-state index >= 15 is 0 Å². The first kappa shape index (κ1) is 15.9. The molecule has 2 rings (SSSR count). The minimum absolute atomic E-state index is 0.259. The van der Waals surface area contributed by atoms with Gasteiger partial charge in [0.25, 0.3) is 0 Å². The Balaban J connectivity index is 2.27. The van der Waals surface area contributed by atoms with Crippen LogP contribution >= 0.6 is 11.6 Å². The van der Waals surface area contributed by atoms with E-state index < -0.39 is 11.6 Å². The monoisotopic (exact) mass is 310 g/mol. The van der Waals surface area contributed by atoms with Crippen molar-refractivity contribution in [2.75, 3.05) is 6.54 Å². The highest BCUT2D eigenvalue weighted by molar-refractivity contribution is 6.31. The highest BCUT2D eigenvalue weighted by Gasteiger charge is 2.17. The average Bonchev–Trinajstić information content (AvgIpc) is 2.46. The fourth-order valence-electron chi connectivity index (χ4n) is 2.18. The zero-order valence-electron chi connectivity index (χ0n) is 11.7. The van der Waals surface area contributed by atoms with E-state index in [1.807, 2.05) is 13.0 Å². The van der Waals surface area contributed by atoms with Crippen LogP contribution in [0.1, 0.15) is 30.5 Å². The molecular weight excluding hydrogens is 294 g/mol. The van der Waals surface area contributed by atoms with Gasteiger partial charge in [-0.2, -0.15) is 0 Å². The molecular formula is C16H17ClF2N2. The van der Waals surface area contributed by atoms with Gasteiger partial charge in [0.1, 0.15) is 11.6 Å². The van der Waals surface area contributed by atoms with Crippen LogP contribution in [-0.4, -0.2) is 11.5 Å². The van der Waals surface area contributed by atoms with Crippen molar-refractivity contribution in [3.63, 3.8) is 0 Å². The van der Waals surface area contributed by atoms with Crippen molar-refractivity contribution in [2.45, 2.75) is 25.8 Å². The molecule has 5 heteroatoms. The van der Waals surface area contributed by atoms with Gasteiger partial charge in [-0.25, -0.2) is 8.78 Å². The minimum Gasteiger partial charge on any atom is -0.310 e. The molecule has 0 spiro atoms. The molecule has 0 aliphatic rings. The first-order valence-electron chi connectivity index (χ1n) is 6.88. The maximum atomic E-state index is 14.0. The highest BCUT2D eigenvalue weighted by Crippen LogP contribution is 2.25. The van der Waals surface area contributed by atoms with Crippen LogP contribution in [0.5, 0.6) is 0 Å². The van der Waals surface area contributed by atoms with Crippen molar-refractivity contribution in [1.82, 2.24) is 10.3 Å². The Labute approximate surface area is 128 Å². The van der Waals surface area contributed by atoms with E-state index in [4.69, 9.17) is 11.6 Å². The SMILES string of the molecule is CCCNC(Cc1ccncc1Cl)c1ccc(F)cc1F. The number of nitrogens with zero attached hydrogens (tertiary/aromatic N) is 1. The summed E-state index contributed by atoms with van der Waals surface area (Å²) >= 11 is 6.11. The summed E-state index contributed by atoms with van der Waals surface area (Å²) in [6, 6.07) is 5.21. The number of aromatic nitrogens is 1. The second-order valence-corrected chi connectivity index (χ2v) is 5.25. The first-order valence-corrected chi connectivity index (χ1v) is 7.26. The summed E-state index contributed by atoms with van der Waals surface area (Å²) in [5, 5.41) is 3.82. The van der Waals surface area contributed by atoms with E-state index in [1.165, 1.54) is 12.1 Å². The average molecular weight is 311 g/mol. The van der Waals surface area contributed by atoms with Crippen molar-refractivity contribution < 1.29 is 8.78 Å². The van der Waals surface area contributed by atoms with E-state index in [9.17, 15) is 8.78 Å². The molecule has 1 aromatic carbocycles. The van der Waals surface area contributed by atoms with Crippen molar-refractivity contribution in [2.24, 2.45) is 0 Å². The van der Waals surface area contributed by atoms with Crippen LogP contribution in [0.25, 0.3) is 0 Å². The smallest absolute Gasteiger partial charge is 0.130 e. The van der Waals surface area contributed by atoms with Gasteiger partial charge in [-0.1, -0.05) is 24.6 Å². The summed E-state index contributed by atoms with van der Waals surface area (Å²) < 4.78 is 27.1. The number of nitrogens with one attached hydrogen (secondary N) is 1. The first-order chi connectivity index (χ1) is 10.1. The van der Waals surface area contributed by atoms with Gasteiger partial charge in [0, 0.05) is 30.1 Å². The predicted molar refractivity (Wildman–Crippen MR) is 80.3 cm³/mol. The van der Waals surface area contributed by atoms with Gasteiger partial charge >= 0.3 is 0 Å². The van der Waals surface area contributed by atoms with E-state index in [1.54, 1.807) is 12.4 Å². The molecule has 1 unspecified atom stereocenters. The summed E-state index contributed by atoms with van der Waals surface area (Å²) in [6.45, 7) is 2.77. The molecule has 0 aliphatic carbocycles. The zero-order chi connectivity index (χ0) is 15.2. The maximum Gasteiger partial charge on any atom is 0.130 e. The molecule has 1 heterocycles. The molecule has 1 N–H and O–H groups in total. The molecule has 1 atom stereocenters. The molecule has 2 nitrogen and oxygen atoms in total. The van der Waals surface area contributed by atoms with Gasteiger partial charge < -0.3 is 5.32 Å². The Kier molecular flexibility index (Phi) is 5.65. The van der Waals surface area contributed by atoms with Crippen molar-refractivity contribution in [3.05, 3.63) is 64.4 Å². The quantitative estimate of drug-likeness (QED) is 0.860. The van der Waals surface area contributed by atoms with E-state index in [0.717, 1.165) is 24.6 Å². The van der Waals surface area contributed by atoms with Crippen molar-refractivity contribution >= 4 is 11.6 Å². The Morgan fingerprint density at radius 2 is 2.10 bits per heavy atom. The number of hydrogen-bond acceptors (Lipinski definition) is 2. The topological polar surface area (TPSA) is 24.9 Å². The summed E-state index contributed by atoms with van der Waals surface area (Å²) in [7, 11) is 0. The van der Waals surface area contributed by atoms with Crippen molar-refractivity contribution in [3.8, 4) is 0 Å². The second kappa shape index (κ2) is 7.48. The Hall–Kier alpha value is -1.52. The Morgan fingerprint density at radius 1 is 1.29 bits per heavy atom. The van der Waals surface area contributed by atoms with Crippen LogP contribution in [0, 0.1) is 11.6 Å². The van der Waals surface area contributed by atoms with Gasteiger partial charge in [-0.15, -0.1) is 0 Å². The molecule has 112 valence electrons. The van der Waals surface area contributed by atoms with Gasteiger partial charge in [0.2, 0.25) is 0 Å². The molecule has 0 amide bonds. The molecule has 0 saturated heterocycles. The summed E-state index contributed by atoms with van der Waals surface area (Å²) in [5.41, 5.74) is 1.32. The molecule has 0 fully saturated rings. The molecule has 21 heavy (non-hydrogen) atoms. The van der Waals surface area contributed by atoms with Crippen LogP contribution < -0.4 is 5.32 Å². The van der Waals surface area contributed by atoms with Crippen LogP contribution in [0.4, 0.5) is 8.78 Å². The third-order valence-corrected chi connectivity index (χ3v) is 3.60. The minimum atomic E-state index is -0.576. The molecule has 0 bridgehead atoms. The van der Waals surface area contributed by atoms with Crippen LogP contribution in [0.15, 0.2) is 36.7 Å². The third kappa shape index (κ3) is 4.22. The zero-order valence-corrected chi connectivity index (χ0v) is 12.5. The standard InChI is InChI=1S/C16H17ClF2N2/c1-2-6-21-16(8-11-5-7-20-10-14(11)17)13-4-3-12(18)9-15(13)19/h3-5,7,9-10,16,21H,2,6,8H2,1H3. The van der Waals surface area contributed by atoms with Crippen LogP contribution in [0.2, 0.25) is 5.02 Å². The second-order valence-electron chi connectivity index (χ2n) is 4.84. The molecule has 0 saturated carbocycles. The van der Waals surface area contributed by atoms with E-state index in [2.05, 4.69) is 10.3 Å². The van der Waals surface area contributed by atoms with Crippen LogP contribution in [-0.2, 0) is 6.42 Å². The Morgan fingerprint density at radius 3 is 2.76 bits per heavy atom. The third-order valence-electron chi connectivity index (χ3n) is 3.26. The van der Waals surface area contributed by atoms with Gasteiger partial charge in [-0.05, 0) is 37.1 Å². The lowest BCUT2D eigenvalue weighted by Gasteiger charge is -2.20. The van der Waals surface area contributed by atoms with Gasteiger partial charge in [-0.3, -0.25) is 4.98 Å². The van der Waals surface area contributed by atoms with Gasteiger partial charge in [0.05, 0.1) is 5.02 Å². The lowest BCUT2D eigenvalue weighted by Crippen LogP contribution is -2.25. The largest absolute Gasteiger partial charge is 0.310 e. The normalized spacial score (nSPS) is 12.4. The number of benzene rings is 1. The molecule has 0 radical (unpaired) electrons. The lowest BCUT2D eigenvalue weighted by molar-refractivity contribution is 0.491. The number of pyridine rings is 1. The molecule has 0 aliphatic heterocycles.